The summed E-state index contributed by atoms with van der Waals surface area (Å²) in [4.78, 5) is 2.20. The second-order valence-corrected chi connectivity index (χ2v) is 4.96. The average Bonchev–Trinajstić information content (AvgIpc) is 2.22. The van der Waals surface area contributed by atoms with E-state index in [2.05, 4.69) is 49.5 Å². The predicted molar refractivity (Wildman–Crippen MR) is 70.7 cm³/mol. The summed E-state index contributed by atoms with van der Waals surface area (Å²) >= 11 is 0. The molecule has 0 saturated heterocycles. The molecule has 94 valence electrons. The molecule has 0 aliphatic rings. The minimum absolute atomic E-state index is 0.0789. The van der Waals surface area contributed by atoms with E-state index in [1.165, 1.54) is 19.3 Å². The monoisotopic (exact) mass is 225 g/mol. The van der Waals surface area contributed by atoms with E-state index in [0.717, 1.165) is 6.42 Å². The molecule has 3 nitrogen and oxygen atoms in total. The van der Waals surface area contributed by atoms with Crippen LogP contribution >= 0.6 is 0 Å². The maximum Gasteiger partial charge on any atom is 0.0779 e. The molecular formula is C13H27N3. The first-order chi connectivity index (χ1) is 7.46. The highest BCUT2D eigenvalue weighted by atomic mass is 15.1. The summed E-state index contributed by atoms with van der Waals surface area (Å²) < 4.78 is 0. The van der Waals surface area contributed by atoms with E-state index in [9.17, 15) is 0 Å². The molecule has 0 aromatic rings. The average molecular weight is 225 g/mol. The van der Waals surface area contributed by atoms with Gasteiger partial charge >= 0.3 is 0 Å². The molecule has 0 aromatic heterocycles. The van der Waals surface area contributed by atoms with Crippen molar-refractivity contribution in [1.29, 1.82) is 0 Å². The number of hydrogen-bond acceptors (Lipinski definition) is 3. The third-order valence-corrected chi connectivity index (χ3v) is 2.86. The molecule has 0 amide bonds. The molecule has 0 rings (SSSR count). The Morgan fingerprint density at radius 2 is 2.06 bits per heavy atom. The van der Waals surface area contributed by atoms with E-state index in [0.29, 0.717) is 6.04 Å². The van der Waals surface area contributed by atoms with E-state index in [1.54, 1.807) is 7.05 Å². The Balaban J connectivity index is 4.46. The second kappa shape index (κ2) is 7.42. The van der Waals surface area contributed by atoms with Gasteiger partial charge in [-0.25, -0.2) is 0 Å². The van der Waals surface area contributed by atoms with Crippen LogP contribution in [0.4, 0.5) is 0 Å². The summed E-state index contributed by atoms with van der Waals surface area (Å²) in [7, 11) is 3.83. The topological polar surface area (TPSA) is 28.0 Å². The van der Waals surface area contributed by atoms with Gasteiger partial charge in [0.25, 0.3) is 0 Å². The molecule has 0 N–H and O–H groups in total. The Morgan fingerprint density at radius 3 is 2.50 bits per heavy atom. The van der Waals surface area contributed by atoms with E-state index < -0.39 is 0 Å². The van der Waals surface area contributed by atoms with Crippen molar-refractivity contribution in [2.75, 3.05) is 14.1 Å². The molecule has 3 heteroatoms. The van der Waals surface area contributed by atoms with Gasteiger partial charge in [0.05, 0.1) is 5.54 Å². The molecule has 0 radical (unpaired) electrons. The number of rotatable bonds is 8. The number of hydrogen-bond donors (Lipinski definition) is 0. The van der Waals surface area contributed by atoms with Crippen molar-refractivity contribution < 1.29 is 0 Å². The summed E-state index contributed by atoms with van der Waals surface area (Å²) in [5.41, 5.74) is -0.0789. The van der Waals surface area contributed by atoms with Gasteiger partial charge in [-0.1, -0.05) is 26.3 Å². The van der Waals surface area contributed by atoms with Gasteiger partial charge in [-0.05, 0) is 32.9 Å². The number of unbranched alkanes of at least 4 members (excludes halogenated alkanes) is 1. The van der Waals surface area contributed by atoms with E-state index in [4.69, 9.17) is 0 Å². The Labute approximate surface area is 101 Å². The Bertz CT molecular complexity index is 221. The number of nitrogens with zero attached hydrogens (tertiary/aromatic N) is 3. The zero-order chi connectivity index (χ0) is 12.6. The molecule has 0 fully saturated rings. The first kappa shape index (κ1) is 15.1. The van der Waals surface area contributed by atoms with Crippen LogP contribution in [0, 0.1) is 0 Å². The smallest absolute Gasteiger partial charge is 0.0779 e. The molecular weight excluding hydrogens is 198 g/mol. The minimum atomic E-state index is -0.0789. The Hall–Kier alpha value is -0.860. The minimum Gasteiger partial charge on any atom is -0.378 e. The van der Waals surface area contributed by atoms with Gasteiger partial charge in [-0.2, -0.15) is 10.2 Å². The summed E-state index contributed by atoms with van der Waals surface area (Å²) in [6, 6.07) is 0.512. The zero-order valence-corrected chi connectivity index (χ0v) is 11.5. The van der Waals surface area contributed by atoms with Crippen molar-refractivity contribution in [2.45, 2.75) is 58.0 Å². The van der Waals surface area contributed by atoms with E-state index in [1.807, 2.05) is 6.20 Å². The zero-order valence-electron chi connectivity index (χ0n) is 11.5. The second-order valence-electron chi connectivity index (χ2n) is 4.96. The number of azo groups is 1. The van der Waals surface area contributed by atoms with Crippen molar-refractivity contribution in [3.8, 4) is 0 Å². The fourth-order valence-electron chi connectivity index (χ4n) is 1.93. The summed E-state index contributed by atoms with van der Waals surface area (Å²) in [6.45, 7) is 10.3. The lowest BCUT2D eigenvalue weighted by atomic mass is 9.92. The quantitative estimate of drug-likeness (QED) is 0.576. The fraction of sp³-hybridized carbons (Fsp3) is 0.846. The first-order valence-electron chi connectivity index (χ1n) is 6.12. The van der Waals surface area contributed by atoms with Crippen LogP contribution in [-0.2, 0) is 0 Å². The van der Waals surface area contributed by atoms with Crippen LogP contribution in [0.1, 0.15) is 46.5 Å². The van der Waals surface area contributed by atoms with Crippen LogP contribution in [0.15, 0.2) is 23.0 Å². The lowest BCUT2D eigenvalue weighted by Gasteiger charge is -2.31. The molecule has 0 heterocycles. The Morgan fingerprint density at radius 1 is 1.44 bits per heavy atom. The molecule has 0 aromatic carbocycles. The van der Waals surface area contributed by atoms with Crippen LogP contribution in [0.25, 0.3) is 0 Å². The molecule has 16 heavy (non-hydrogen) atoms. The van der Waals surface area contributed by atoms with Gasteiger partial charge in [0.15, 0.2) is 0 Å². The lowest BCUT2D eigenvalue weighted by molar-refractivity contribution is 0.244. The van der Waals surface area contributed by atoms with Gasteiger partial charge in [-0.15, -0.1) is 0 Å². The van der Waals surface area contributed by atoms with Crippen LogP contribution in [0.5, 0.6) is 0 Å². The lowest BCUT2D eigenvalue weighted by Crippen LogP contribution is -2.34. The van der Waals surface area contributed by atoms with Gasteiger partial charge in [0.1, 0.15) is 0 Å². The molecule has 0 bridgehead atoms. The molecule has 1 atom stereocenters. The highest BCUT2D eigenvalue weighted by Crippen LogP contribution is 2.23. The van der Waals surface area contributed by atoms with Crippen LogP contribution < -0.4 is 0 Å². The first-order valence-corrected chi connectivity index (χ1v) is 6.12. The van der Waals surface area contributed by atoms with Crippen LogP contribution in [0.2, 0.25) is 0 Å². The largest absolute Gasteiger partial charge is 0.378 e. The standard InChI is InChI=1S/C13H27N3/c1-7-9-10-12(16(6)8-2)11-13(3,4)15-14-5/h8,12H,2,7,9-11H2,1,3-6H3/b15-14+. The normalized spacial score (nSPS) is 14.1. The Kier molecular flexibility index (Phi) is 7.02. The highest BCUT2D eigenvalue weighted by Gasteiger charge is 2.24. The van der Waals surface area contributed by atoms with Crippen molar-refractivity contribution in [3.63, 3.8) is 0 Å². The maximum atomic E-state index is 4.29. The van der Waals surface area contributed by atoms with Crippen molar-refractivity contribution in [3.05, 3.63) is 12.8 Å². The molecule has 0 saturated carbocycles. The van der Waals surface area contributed by atoms with Crippen LogP contribution in [-0.4, -0.2) is 30.6 Å². The fourth-order valence-corrected chi connectivity index (χ4v) is 1.93. The third-order valence-electron chi connectivity index (χ3n) is 2.86. The van der Waals surface area contributed by atoms with E-state index >= 15 is 0 Å². The molecule has 1 unspecified atom stereocenters. The molecule has 0 aliphatic heterocycles. The predicted octanol–water partition coefficient (Wildman–Crippen LogP) is 3.87. The van der Waals surface area contributed by atoms with Crippen molar-refractivity contribution in [2.24, 2.45) is 10.2 Å². The van der Waals surface area contributed by atoms with Gasteiger partial charge < -0.3 is 4.90 Å². The third kappa shape index (κ3) is 5.89. The molecule has 0 aliphatic carbocycles. The SMILES string of the molecule is C=CN(C)C(CCCC)CC(C)(C)/N=N/C. The van der Waals surface area contributed by atoms with Crippen molar-refractivity contribution >= 4 is 0 Å². The van der Waals surface area contributed by atoms with Gasteiger partial charge in [0.2, 0.25) is 0 Å². The summed E-state index contributed by atoms with van der Waals surface area (Å²) in [5, 5.41) is 8.19. The molecule has 0 spiro atoms. The summed E-state index contributed by atoms with van der Waals surface area (Å²) in [5.74, 6) is 0. The van der Waals surface area contributed by atoms with Crippen molar-refractivity contribution in [1.82, 2.24) is 4.90 Å². The van der Waals surface area contributed by atoms with Gasteiger partial charge in [0, 0.05) is 20.1 Å². The van der Waals surface area contributed by atoms with E-state index in [-0.39, 0.29) is 5.54 Å². The van der Waals surface area contributed by atoms with Crippen LogP contribution in [0.3, 0.4) is 0 Å². The maximum absolute atomic E-state index is 4.29. The summed E-state index contributed by atoms with van der Waals surface area (Å²) in [6.07, 6.45) is 6.60. The highest BCUT2D eigenvalue weighted by molar-refractivity contribution is 4.86. The van der Waals surface area contributed by atoms with Gasteiger partial charge in [-0.3, -0.25) is 0 Å².